The molecule has 0 amide bonds. The lowest BCUT2D eigenvalue weighted by Gasteiger charge is -2.14. The van der Waals surface area contributed by atoms with Crippen LogP contribution in [0.25, 0.3) is 0 Å². The van der Waals surface area contributed by atoms with Crippen LogP contribution in [0.3, 0.4) is 0 Å². The summed E-state index contributed by atoms with van der Waals surface area (Å²) in [5, 5.41) is 4.36. The molecule has 0 saturated carbocycles. The minimum absolute atomic E-state index is 0.389. The molecule has 96 valence electrons. The molecule has 0 heterocycles. The fourth-order valence-electron chi connectivity index (χ4n) is 1.94. The maximum Gasteiger partial charge on any atom is 0.0409 e. The summed E-state index contributed by atoms with van der Waals surface area (Å²) < 4.78 is 0. The van der Waals surface area contributed by atoms with Gasteiger partial charge >= 0.3 is 0 Å². The number of hydrogen-bond acceptors (Lipinski definition) is 1. The monoisotopic (exact) mass is 253 g/mol. The second kappa shape index (κ2) is 8.54. The molecule has 0 bridgehead atoms. The van der Waals surface area contributed by atoms with Crippen LogP contribution in [0.15, 0.2) is 24.3 Å². The van der Waals surface area contributed by atoms with E-state index in [0.29, 0.717) is 6.04 Å². The van der Waals surface area contributed by atoms with E-state index in [9.17, 15) is 0 Å². The molecule has 0 aromatic heterocycles. The highest BCUT2D eigenvalue weighted by Crippen LogP contribution is 2.17. The summed E-state index contributed by atoms with van der Waals surface area (Å²) >= 11 is 5.98. The van der Waals surface area contributed by atoms with Crippen molar-refractivity contribution in [2.75, 3.05) is 6.54 Å². The molecule has 1 rings (SSSR count). The number of halogens is 1. The maximum absolute atomic E-state index is 5.98. The van der Waals surface area contributed by atoms with Crippen LogP contribution in [0.1, 0.15) is 57.6 Å². The summed E-state index contributed by atoms with van der Waals surface area (Å²) in [6.07, 6.45) is 6.65. The van der Waals surface area contributed by atoms with Gasteiger partial charge < -0.3 is 5.32 Å². The molecule has 0 saturated heterocycles. The van der Waals surface area contributed by atoms with E-state index >= 15 is 0 Å². The summed E-state index contributed by atoms with van der Waals surface area (Å²) in [5.41, 5.74) is 1.27. The smallest absolute Gasteiger partial charge is 0.0409 e. The van der Waals surface area contributed by atoms with Gasteiger partial charge in [-0.3, -0.25) is 0 Å². The van der Waals surface area contributed by atoms with E-state index < -0.39 is 0 Å². The van der Waals surface area contributed by atoms with Gasteiger partial charge in [0.15, 0.2) is 0 Å². The molecule has 0 aliphatic rings. The summed E-state index contributed by atoms with van der Waals surface area (Å²) in [7, 11) is 0. The Hall–Kier alpha value is -0.530. The van der Waals surface area contributed by atoms with Gasteiger partial charge in [-0.05, 0) is 37.6 Å². The predicted molar refractivity (Wildman–Crippen MR) is 76.6 cm³/mol. The quantitative estimate of drug-likeness (QED) is 0.646. The molecule has 1 unspecified atom stereocenters. The number of rotatable bonds is 8. The Morgan fingerprint density at radius 2 is 1.94 bits per heavy atom. The van der Waals surface area contributed by atoms with Crippen LogP contribution in [0.4, 0.5) is 0 Å². The van der Waals surface area contributed by atoms with Gasteiger partial charge in [-0.25, -0.2) is 0 Å². The molecule has 2 heteroatoms. The van der Waals surface area contributed by atoms with Crippen LogP contribution in [-0.2, 0) is 0 Å². The Morgan fingerprint density at radius 3 is 2.65 bits per heavy atom. The minimum Gasteiger partial charge on any atom is -0.310 e. The van der Waals surface area contributed by atoms with Crippen molar-refractivity contribution in [3.8, 4) is 0 Å². The fourth-order valence-corrected chi connectivity index (χ4v) is 2.14. The first kappa shape index (κ1) is 14.5. The molecule has 1 N–H and O–H groups in total. The van der Waals surface area contributed by atoms with Gasteiger partial charge in [0.25, 0.3) is 0 Å². The molecule has 1 nitrogen and oxygen atoms in total. The molecule has 1 aromatic carbocycles. The van der Waals surface area contributed by atoms with Crippen molar-refractivity contribution in [3.63, 3.8) is 0 Å². The highest BCUT2D eigenvalue weighted by molar-refractivity contribution is 6.30. The number of unbranched alkanes of at least 4 members (excludes halogenated alkanes) is 4. The van der Waals surface area contributed by atoms with E-state index in [1.807, 2.05) is 18.2 Å². The topological polar surface area (TPSA) is 12.0 Å². The van der Waals surface area contributed by atoms with Crippen LogP contribution in [0.2, 0.25) is 5.02 Å². The Morgan fingerprint density at radius 1 is 1.18 bits per heavy atom. The molecule has 0 fully saturated rings. The van der Waals surface area contributed by atoms with Gasteiger partial charge in [0.1, 0.15) is 0 Å². The van der Waals surface area contributed by atoms with Crippen molar-refractivity contribution in [2.24, 2.45) is 0 Å². The molecule has 0 radical (unpaired) electrons. The molecule has 17 heavy (non-hydrogen) atoms. The summed E-state index contributed by atoms with van der Waals surface area (Å²) in [6, 6.07) is 8.48. The van der Waals surface area contributed by atoms with Gasteiger partial charge in [-0.1, -0.05) is 56.3 Å². The molecule has 1 aromatic rings. The average molecular weight is 254 g/mol. The van der Waals surface area contributed by atoms with Crippen molar-refractivity contribution < 1.29 is 0 Å². The van der Waals surface area contributed by atoms with Crippen molar-refractivity contribution in [1.29, 1.82) is 0 Å². The number of benzene rings is 1. The van der Waals surface area contributed by atoms with Gasteiger partial charge in [0.05, 0.1) is 0 Å². The second-order valence-corrected chi connectivity index (χ2v) is 5.08. The normalized spacial score (nSPS) is 12.6. The van der Waals surface area contributed by atoms with Crippen LogP contribution in [0, 0.1) is 0 Å². The molecule has 0 spiro atoms. The van der Waals surface area contributed by atoms with Crippen molar-refractivity contribution in [1.82, 2.24) is 5.32 Å². The lowest BCUT2D eigenvalue weighted by atomic mass is 10.1. The summed E-state index contributed by atoms with van der Waals surface area (Å²) in [4.78, 5) is 0. The van der Waals surface area contributed by atoms with Gasteiger partial charge in [-0.15, -0.1) is 0 Å². The first-order valence-electron chi connectivity index (χ1n) is 6.73. The van der Waals surface area contributed by atoms with Crippen LogP contribution < -0.4 is 5.32 Å². The largest absolute Gasteiger partial charge is 0.310 e. The third kappa shape index (κ3) is 6.09. The first-order chi connectivity index (χ1) is 8.24. The van der Waals surface area contributed by atoms with Gasteiger partial charge in [0, 0.05) is 11.1 Å². The molecular formula is C15H24ClN. The zero-order valence-corrected chi connectivity index (χ0v) is 11.8. The minimum atomic E-state index is 0.389. The Bertz CT molecular complexity index is 312. The predicted octanol–water partition coefficient (Wildman–Crippen LogP) is 4.96. The van der Waals surface area contributed by atoms with Crippen molar-refractivity contribution in [2.45, 2.75) is 52.0 Å². The average Bonchev–Trinajstić information content (AvgIpc) is 2.33. The van der Waals surface area contributed by atoms with Crippen molar-refractivity contribution >= 4 is 11.6 Å². The third-order valence-electron chi connectivity index (χ3n) is 3.08. The third-order valence-corrected chi connectivity index (χ3v) is 3.31. The Balaban J connectivity index is 2.19. The van der Waals surface area contributed by atoms with E-state index in [1.54, 1.807) is 0 Å². The number of nitrogens with one attached hydrogen (secondary N) is 1. The standard InChI is InChI=1S/C15H24ClN/c1-3-4-5-6-7-11-17-13(2)14-9-8-10-15(16)12-14/h8-10,12-13,17H,3-7,11H2,1-2H3. The van der Waals surface area contributed by atoms with Crippen molar-refractivity contribution in [3.05, 3.63) is 34.9 Å². The fraction of sp³-hybridized carbons (Fsp3) is 0.600. The van der Waals surface area contributed by atoms with Crippen LogP contribution in [-0.4, -0.2) is 6.54 Å². The molecular weight excluding hydrogens is 230 g/mol. The Labute approximate surface area is 111 Å². The second-order valence-electron chi connectivity index (χ2n) is 4.65. The van der Waals surface area contributed by atoms with Crippen LogP contribution in [0.5, 0.6) is 0 Å². The lowest BCUT2D eigenvalue weighted by Crippen LogP contribution is -2.19. The Kier molecular flexibility index (Phi) is 7.30. The molecule has 0 aliphatic heterocycles. The SMILES string of the molecule is CCCCCCCNC(C)c1cccc(Cl)c1. The molecule has 1 atom stereocenters. The first-order valence-corrected chi connectivity index (χ1v) is 7.10. The number of hydrogen-bond donors (Lipinski definition) is 1. The highest BCUT2D eigenvalue weighted by atomic mass is 35.5. The highest BCUT2D eigenvalue weighted by Gasteiger charge is 2.04. The van der Waals surface area contributed by atoms with E-state index in [2.05, 4.69) is 25.2 Å². The summed E-state index contributed by atoms with van der Waals surface area (Å²) in [5.74, 6) is 0. The zero-order chi connectivity index (χ0) is 12.5. The van der Waals surface area contributed by atoms with E-state index in [-0.39, 0.29) is 0 Å². The summed E-state index contributed by atoms with van der Waals surface area (Å²) in [6.45, 7) is 5.54. The van der Waals surface area contributed by atoms with Crippen LogP contribution >= 0.6 is 11.6 Å². The van der Waals surface area contributed by atoms with Gasteiger partial charge in [-0.2, -0.15) is 0 Å². The van der Waals surface area contributed by atoms with Gasteiger partial charge in [0.2, 0.25) is 0 Å². The van der Waals surface area contributed by atoms with E-state index in [1.165, 1.54) is 37.7 Å². The van der Waals surface area contributed by atoms with E-state index in [4.69, 9.17) is 11.6 Å². The molecule has 0 aliphatic carbocycles. The zero-order valence-electron chi connectivity index (χ0n) is 11.0. The lowest BCUT2D eigenvalue weighted by molar-refractivity contribution is 0.531. The maximum atomic E-state index is 5.98. The van der Waals surface area contributed by atoms with E-state index in [0.717, 1.165) is 11.6 Å².